The normalized spacial score (nSPS) is 11.9. The maximum Gasteiger partial charge on any atom is 0.162 e. The molecule has 0 heterocycles. The highest BCUT2D eigenvalue weighted by atomic mass is 19.1. The van der Waals surface area contributed by atoms with E-state index in [1.54, 1.807) is 0 Å². The zero-order valence-electron chi connectivity index (χ0n) is 8.20. The fourth-order valence-electron chi connectivity index (χ4n) is 1.22. The van der Waals surface area contributed by atoms with Crippen LogP contribution in [0.5, 0.6) is 11.5 Å². The first-order valence-electron chi connectivity index (χ1n) is 4.26. The maximum absolute atomic E-state index is 12.4. The van der Waals surface area contributed by atoms with Gasteiger partial charge in [0, 0.05) is 11.6 Å². The molecule has 0 unspecified atom stereocenters. The van der Waals surface area contributed by atoms with Crippen molar-refractivity contribution < 1.29 is 14.2 Å². The lowest BCUT2D eigenvalue weighted by Crippen LogP contribution is -2.12. The van der Waals surface area contributed by atoms with Crippen LogP contribution >= 0.6 is 0 Å². The highest BCUT2D eigenvalue weighted by Gasteiger charge is 2.16. The summed E-state index contributed by atoms with van der Waals surface area (Å²) in [6.45, 7) is -0.814. The monoisotopic (exact) mass is 210 g/mol. The molecule has 0 aromatic heterocycles. The lowest BCUT2D eigenvalue weighted by Gasteiger charge is -2.13. The highest BCUT2D eigenvalue weighted by molar-refractivity contribution is 5.52. The molecule has 0 aliphatic rings. The van der Waals surface area contributed by atoms with Crippen molar-refractivity contribution in [2.75, 3.05) is 13.8 Å². The number of rotatable bonds is 3. The first-order valence-corrected chi connectivity index (χ1v) is 4.26. The minimum atomic E-state index is -0.952. The van der Waals surface area contributed by atoms with Crippen molar-refractivity contribution in [3.63, 3.8) is 0 Å². The van der Waals surface area contributed by atoms with Crippen LogP contribution < -0.4 is 10.5 Å². The number of hydrogen-bond acceptors (Lipinski definition) is 4. The summed E-state index contributed by atoms with van der Waals surface area (Å²) in [7, 11) is 1.35. The second kappa shape index (κ2) is 4.62. The number of ether oxygens (including phenoxy) is 1. The van der Waals surface area contributed by atoms with E-state index in [0.29, 0.717) is 0 Å². The second-order valence-corrected chi connectivity index (χ2v) is 2.99. The number of halogens is 1. The molecule has 0 bridgehead atoms. The van der Waals surface area contributed by atoms with Crippen LogP contribution in [-0.2, 0) is 0 Å². The summed E-state index contributed by atoms with van der Waals surface area (Å²) in [5, 5.41) is 18.3. The summed E-state index contributed by atoms with van der Waals surface area (Å²) in [4.78, 5) is 0. The standard InChI is InChI=1S/C10H11FN2O2/c1-15-9-3-6(5-12)2-7(10(9)14)8(13)4-11/h2-3,8,14H,4,13H2,1H3/t8-/m1/s1. The van der Waals surface area contributed by atoms with E-state index in [9.17, 15) is 9.50 Å². The van der Waals surface area contributed by atoms with Crippen molar-refractivity contribution >= 4 is 0 Å². The highest BCUT2D eigenvalue weighted by Crippen LogP contribution is 2.34. The smallest absolute Gasteiger partial charge is 0.162 e. The molecule has 80 valence electrons. The molecular weight excluding hydrogens is 199 g/mol. The molecule has 0 aliphatic heterocycles. The number of nitrogens with two attached hydrogens (primary N) is 1. The van der Waals surface area contributed by atoms with E-state index in [1.165, 1.54) is 19.2 Å². The fraction of sp³-hybridized carbons (Fsp3) is 0.300. The number of methoxy groups -OCH3 is 1. The van der Waals surface area contributed by atoms with E-state index in [2.05, 4.69) is 0 Å². The number of aromatic hydroxyl groups is 1. The Kier molecular flexibility index (Phi) is 3.47. The molecule has 0 radical (unpaired) electrons. The van der Waals surface area contributed by atoms with Crippen molar-refractivity contribution in [3.05, 3.63) is 23.3 Å². The zero-order chi connectivity index (χ0) is 11.4. The third-order valence-electron chi connectivity index (χ3n) is 2.02. The van der Waals surface area contributed by atoms with Crippen LogP contribution in [-0.4, -0.2) is 18.9 Å². The topological polar surface area (TPSA) is 79.3 Å². The molecule has 0 amide bonds. The fourth-order valence-corrected chi connectivity index (χ4v) is 1.22. The molecule has 4 nitrogen and oxygen atoms in total. The molecule has 0 fully saturated rings. The number of nitriles is 1. The molecule has 3 N–H and O–H groups in total. The van der Waals surface area contributed by atoms with Crippen molar-refractivity contribution in [3.8, 4) is 17.6 Å². The molecule has 0 aliphatic carbocycles. The first kappa shape index (κ1) is 11.3. The van der Waals surface area contributed by atoms with Crippen LogP contribution in [0, 0.1) is 11.3 Å². The van der Waals surface area contributed by atoms with Gasteiger partial charge in [-0.2, -0.15) is 5.26 Å². The number of phenolic OH excluding ortho intramolecular Hbond substituents is 1. The van der Waals surface area contributed by atoms with Crippen LogP contribution in [0.4, 0.5) is 4.39 Å². The van der Waals surface area contributed by atoms with Crippen molar-refractivity contribution in [2.24, 2.45) is 5.73 Å². The molecular formula is C10H11FN2O2. The van der Waals surface area contributed by atoms with Crippen molar-refractivity contribution in [1.29, 1.82) is 5.26 Å². The Labute approximate surface area is 86.7 Å². The van der Waals surface area contributed by atoms with E-state index in [0.717, 1.165) is 0 Å². The van der Waals surface area contributed by atoms with Gasteiger partial charge in [-0.15, -0.1) is 0 Å². The van der Waals surface area contributed by atoms with Gasteiger partial charge in [0.25, 0.3) is 0 Å². The molecule has 0 spiro atoms. The Morgan fingerprint density at radius 2 is 2.33 bits per heavy atom. The Bertz CT molecular complexity index is 401. The van der Waals surface area contributed by atoms with Gasteiger partial charge in [0.05, 0.1) is 24.8 Å². The van der Waals surface area contributed by atoms with Crippen LogP contribution in [0.3, 0.4) is 0 Å². The summed E-state index contributed by atoms with van der Waals surface area (Å²) < 4.78 is 17.2. The van der Waals surface area contributed by atoms with E-state index in [-0.39, 0.29) is 22.6 Å². The van der Waals surface area contributed by atoms with Gasteiger partial charge in [-0.1, -0.05) is 0 Å². The second-order valence-electron chi connectivity index (χ2n) is 2.99. The number of phenols is 1. The number of benzene rings is 1. The molecule has 15 heavy (non-hydrogen) atoms. The van der Waals surface area contributed by atoms with Crippen LogP contribution in [0.2, 0.25) is 0 Å². The average molecular weight is 210 g/mol. The summed E-state index contributed by atoms with van der Waals surface area (Å²) in [6.07, 6.45) is 0. The Morgan fingerprint density at radius 1 is 1.67 bits per heavy atom. The number of hydrogen-bond donors (Lipinski definition) is 2. The molecule has 1 aromatic carbocycles. The summed E-state index contributed by atoms with van der Waals surface area (Å²) in [5.41, 5.74) is 5.88. The van der Waals surface area contributed by atoms with Gasteiger partial charge in [0.2, 0.25) is 0 Å². The van der Waals surface area contributed by atoms with E-state index < -0.39 is 12.7 Å². The summed E-state index contributed by atoms with van der Waals surface area (Å²) in [5.74, 6) is -0.102. The number of nitrogens with zero attached hydrogens (tertiary/aromatic N) is 1. The average Bonchev–Trinajstić information content (AvgIpc) is 2.28. The largest absolute Gasteiger partial charge is 0.504 e. The first-order chi connectivity index (χ1) is 7.13. The van der Waals surface area contributed by atoms with Crippen molar-refractivity contribution in [2.45, 2.75) is 6.04 Å². The van der Waals surface area contributed by atoms with Crippen LogP contribution in [0.1, 0.15) is 17.2 Å². The van der Waals surface area contributed by atoms with Gasteiger partial charge < -0.3 is 15.6 Å². The van der Waals surface area contributed by atoms with Gasteiger partial charge in [-0.05, 0) is 6.07 Å². The Morgan fingerprint density at radius 3 is 2.80 bits per heavy atom. The van der Waals surface area contributed by atoms with Crippen LogP contribution in [0.25, 0.3) is 0 Å². The molecule has 1 atom stereocenters. The number of alkyl halides is 1. The molecule has 1 rings (SSSR count). The lowest BCUT2D eigenvalue weighted by molar-refractivity contribution is 0.362. The van der Waals surface area contributed by atoms with Gasteiger partial charge in [0.15, 0.2) is 11.5 Å². The summed E-state index contributed by atoms with van der Waals surface area (Å²) >= 11 is 0. The van der Waals surface area contributed by atoms with Crippen molar-refractivity contribution in [1.82, 2.24) is 0 Å². The minimum absolute atomic E-state index is 0.118. The predicted octanol–water partition coefficient (Wildman–Crippen LogP) is 1.24. The quantitative estimate of drug-likeness (QED) is 0.786. The van der Waals surface area contributed by atoms with E-state index >= 15 is 0 Å². The molecule has 0 saturated carbocycles. The zero-order valence-corrected chi connectivity index (χ0v) is 8.20. The maximum atomic E-state index is 12.4. The summed E-state index contributed by atoms with van der Waals surface area (Å²) in [6, 6.07) is 3.64. The minimum Gasteiger partial charge on any atom is -0.504 e. The predicted molar refractivity (Wildman–Crippen MR) is 52.3 cm³/mol. The Hall–Kier alpha value is -1.80. The third-order valence-corrected chi connectivity index (χ3v) is 2.02. The van der Waals surface area contributed by atoms with Crippen LogP contribution in [0.15, 0.2) is 12.1 Å². The van der Waals surface area contributed by atoms with Gasteiger partial charge in [-0.3, -0.25) is 0 Å². The molecule has 0 saturated heterocycles. The van der Waals surface area contributed by atoms with E-state index in [1.807, 2.05) is 6.07 Å². The molecule has 5 heteroatoms. The van der Waals surface area contributed by atoms with E-state index in [4.69, 9.17) is 15.7 Å². The Balaban J connectivity index is 3.31. The van der Waals surface area contributed by atoms with Gasteiger partial charge in [-0.25, -0.2) is 4.39 Å². The van der Waals surface area contributed by atoms with Gasteiger partial charge in [0.1, 0.15) is 6.67 Å². The SMILES string of the molecule is COc1cc(C#N)cc([C@H](N)CF)c1O. The lowest BCUT2D eigenvalue weighted by atomic mass is 10.0. The third kappa shape index (κ3) is 2.17. The van der Waals surface area contributed by atoms with Gasteiger partial charge >= 0.3 is 0 Å². The molecule has 1 aromatic rings.